The molecule has 0 unspecified atom stereocenters. The largest absolute Gasteiger partial charge is 0.395 e. The van der Waals surface area contributed by atoms with Gasteiger partial charge < -0.3 is 5.11 Å². The van der Waals surface area contributed by atoms with Crippen LogP contribution in [-0.2, 0) is 10.0 Å². The van der Waals surface area contributed by atoms with Crippen LogP contribution in [0.25, 0.3) is 0 Å². The minimum absolute atomic E-state index is 0.326. The number of sulfonamides is 1. The van der Waals surface area contributed by atoms with Gasteiger partial charge >= 0.3 is 0 Å². The molecule has 0 aromatic heterocycles. The summed E-state index contributed by atoms with van der Waals surface area (Å²) in [5.74, 6) is -0.834. The number of benzene rings is 1. The molecule has 0 aliphatic heterocycles. The second kappa shape index (κ2) is 5.90. The molecule has 0 fully saturated rings. The van der Waals surface area contributed by atoms with Crippen LogP contribution in [-0.4, -0.2) is 26.2 Å². The first kappa shape index (κ1) is 14.6. The minimum atomic E-state index is -3.94. The van der Waals surface area contributed by atoms with Crippen molar-refractivity contribution in [3.05, 3.63) is 28.5 Å². The van der Waals surface area contributed by atoms with Gasteiger partial charge in [-0.25, -0.2) is 17.5 Å². The number of aliphatic hydroxyl groups is 1. The number of aliphatic hydroxyl groups excluding tert-OH is 1. The molecule has 0 saturated carbocycles. The molecule has 7 heteroatoms. The van der Waals surface area contributed by atoms with Gasteiger partial charge in [0.15, 0.2) is 0 Å². The molecule has 0 spiro atoms. The molecule has 0 aliphatic rings. The average molecular weight is 326 g/mol. The van der Waals surface area contributed by atoms with E-state index in [-0.39, 0.29) is 6.61 Å². The van der Waals surface area contributed by atoms with Crippen molar-refractivity contribution < 1.29 is 17.9 Å². The quantitative estimate of drug-likeness (QED) is 0.864. The summed E-state index contributed by atoms with van der Waals surface area (Å²) in [5, 5.41) is 8.92. The van der Waals surface area contributed by atoms with Crippen molar-refractivity contribution in [2.24, 2.45) is 0 Å². The van der Waals surface area contributed by atoms with Crippen molar-refractivity contribution in [1.29, 1.82) is 0 Å². The van der Waals surface area contributed by atoms with Crippen LogP contribution in [0.3, 0.4) is 0 Å². The Kier molecular flexibility index (Phi) is 5.05. The van der Waals surface area contributed by atoms with Crippen molar-refractivity contribution in [3.8, 4) is 0 Å². The first-order valence-electron chi connectivity index (χ1n) is 4.99. The molecular weight excluding hydrogens is 313 g/mol. The maximum absolute atomic E-state index is 13.5. The molecule has 1 aromatic rings. The van der Waals surface area contributed by atoms with Gasteiger partial charge in [-0.1, -0.05) is 22.9 Å². The van der Waals surface area contributed by atoms with E-state index >= 15 is 0 Å². The average Bonchev–Trinajstić information content (AvgIpc) is 2.25. The molecule has 0 bridgehead atoms. The van der Waals surface area contributed by atoms with Gasteiger partial charge in [-0.15, -0.1) is 0 Å². The lowest BCUT2D eigenvalue weighted by Gasteiger charge is -2.14. The molecule has 1 atom stereocenters. The van der Waals surface area contributed by atoms with Crippen LogP contribution in [0.2, 0.25) is 0 Å². The number of hydrogen-bond donors (Lipinski definition) is 2. The monoisotopic (exact) mass is 325 g/mol. The van der Waals surface area contributed by atoms with Crippen LogP contribution >= 0.6 is 15.9 Å². The lowest BCUT2D eigenvalue weighted by Crippen LogP contribution is -2.37. The molecule has 0 saturated heterocycles. The maximum Gasteiger partial charge on any atom is 0.243 e. The Morgan fingerprint density at radius 3 is 2.65 bits per heavy atom. The van der Waals surface area contributed by atoms with E-state index in [4.69, 9.17) is 5.11 Å². The van der Waals surface area contributed by atoms with Gasteiger partial charge in [0.25, 0.3) is 0 Å². The lowest BCUT2D eigenvalue weighted by molar-refractivity contribution is 0.253. The second-order valence-corrected chi connectivity index (χ2v) is 6.08. The first-order chi connectivity index (χ1) is 7.90. The van der Waals surface area contributed by atoms with Gasteiger partial charge in [0.05, 0.1) is 6.61 Å². The van der Waals surface area contributed by atoms with Crippen molar-refractivity contribution in [2.45, 2.75) is 24.3 Å². The third kappa shape index (κ3) is 3.74. The van der Waals surface area contributed by atoms with Crippen molar-refractivity contribution >= 4 is 26.0 Å². The summed E-state index contributed by atoms with van der Waals surface area (Å²) in [6, 6.07) is 3.08. The Morgan fingerprint density at radius 1 is 1.53 bits per heavy atom. The number of nitrogens with one attached hydrogen (secondary N) is 1. The Hall–Kier alpha value is -0.500. The summed E-state index contributed by atoms with van der Waals surface area (Å²) in [6.45, 7) is 1.40. The Balaban J connectivity index is 3.05. The molecule has 4 nitrogen and oxygen atoms in total. The molecule has 1 rings (SSSR count). The van der Waals surface area contributed by atoms with E-state index in [1.54, 1.807) is 6.92 Å². The second-order valence-electron chi connectivity index (χ2n) is 3.48. The minimum Gasteiger partial charge on any atom is -0.395 e. The van der Waals surface area contributed by atoms with Gasteiger partial charge in [0, 0.05) is 10.5 Å². The van der Waals surface area contributed by atoms with Gasteiger partial charge in [-0.3, -0.25) is 0 Å². The summed E-state index contributed by atoms with van der Waals surface area (Å²) < 4.78 is 39.8. The molecule has 0 aliphatic carbocycles. The van der Waals surface area contributed by atoms with E-state index in [1.807, 2.05) is 0 Å². The standard InChI is InChI=1S/C10H13BrFNO3S/c1-2-8(6-14)13-17(15,16)10-4-3-7(11)5-9(10)12/h3-5,8,13-14H,2,6H2,1H3/t8-/m1/s1. The Labute approximate surface area is 108 Å². The molecule has 17 heavy (non-hydrogen) atoms. The zero-order valence-corrected chi connectivity index (χ0v) is 11.6. The van der Waals surface area contributed by atoms with Crippen LogP contribution in [0.1, 0.15) is 13.3 Å². The van der Waals surface area contributed by atoms with E-state index in [1.165, 1.54) is 12.1 Å². The van der Waals surface area contributed by atoms with E-state index in [0.29, 0.717) is 10.9 Å². The summed E-state index contributed by atoms with van der Waals surface area (Å²) in [7, 11) is -3.94. The summed E-state index contributed by atoms with van der Waals surface area (Å²) in [6.07, 6.45) is 0.424. The third-order valence-electron chi connectivity index (χ3n) is 2.22. The smallest absolute Gasteiger partial charge is 0.243 e. The Bertz CT molecular complexity index is 488. The fourth-order valence-electron chi connectivity index (χ4n) is 1.23. The Morgan fingerprint density at radius 2 is 2.18 bits per heavy atom. The van der Waals surface area contributed by atoms with E-state index in [2.05, 4.69) is 20.7 Å². The van der Waals surface area contributed by atoms with Gasteiger partial charge in [-0.2, -0.15) is 0 Å². The van der Waals surface area contributed by atoms with Crippen LogP contribution in [0.4, 0.5) is 4.39 Å². The summed E-state index contributed by atoms with van der Waals surface area (Å²) in [5.41, 5.74) is 0. The fraction of sp³-hybridized carbons (Fsp3) is 0.400. The van der Waals surface area contributed by atoms with Crippen LogP contribution < -0.4 is 4.72 Å². The van der Waals surface area contributed by atoms with E-state index in [0.717, 1.165) is 6.07 Å². The van der Waals surface area contributed by atoms with Gasteiger partial charge in [-0.05, 0) is 24.6 Å². The third-order valence-corrected chi connectivity index (χ3v) is 4.27. The van der Waals surface area contributed by atoms with Crippen LogP contribution in [0.15, 0.2) is 27.6 Å². The molecule has 1 aromatic carbocycles. The van der Waals surface area contributed by atoms with E-state index < -0.39 is 26.8 Å². The predicted octanol–water partition coefficient (Wildman–Crippen LogP) is 1.64. The van der Waals surface area contributed by atoms with Crippen LogP contribution in [0.5, 0.6) is 0 Å². The number of hydrogen-bond acceptors (Lipinski definition) is 3. The topological polar surface area (TPSA) is 66.4 Å². The number of rotatable bonds is 5. The molecular formula is C10H13BrFNO3S. The van der Waals surface area contributed by atoms with Gasteiger partial charge in [0.2, 0.25) is 10.0 Å². The van der Waals surface area contributed by atoms with Crippen molar-refractivity contribution in [1.82, 2.24) is 4.72 Å². The molecule has 0 amide bonds. The SMILES string of the molecule is CC[C@H](CO)NS(=O)(=O)c1ccc(Br)cc1F. The zero-order valence-electron chi connectivity index (χ0n) is 9.15. The van der Waals surface area contributed by atoms with Crippen molar-refractivity contribution in [2.75, 3.05) is 6.61 Å². The van der Waals surface area contributed by atoms with Crippen molar-refractivity contribution in [3.63, 3.8) is 0 Å². The highest BCUT2D eigenvalue weighted by atomic mass is 79.9. The highest BCUT2D eigenvalue weighted by Gasteiger charge is 2.22. The maximum atomic E-state index is 13.5. The molecule has 0 radical (unpaired) electrons. The molecule has 2 N–H and O–H groups in total. The van der Waals surface area contributed by atoms with E-state index in [9.17, 15) is 12.8 Å². The molecule has 0 heterocycles. The first-order valence-corrected chi connectivity index (χ1v) is 7.26. The molecule has 96 valence electrons. The summed E-state index contributed by atoms with van der Waals surface area (Å²) >= 11 is 3.05. The summed E-state index contributed by atoms with van der Waals surface area (Å²) in [4.78, 5) is -0.424. The number of halogens is 2. The highest BCUT2D eigenvalue weighted by molar-refractivity contribution is 9.10. The lowest BCUT2D eigenvalue weighted by atomic mass is 10.3. The van der Waals surface area contributed by atoms with Crippen LogP contribution in [0, 0.1) is 5.82 Å². The van der Waals surface area contributed by atoms with Gasteiger partial charge in [0.1, 0.15) is 10.7 Å². The highest BCUT2D eigenvalue weighted by Crippen LogP contribution is 2.19. The predicted molar refractivity (Wildman–Crippen MR) is 65.6 cm³/mol. The zero-order chi connectivity index (χ0) is 13.1. The normalized spacial score (nSPS) is 13.6. The fourth-order valence-corrected chi connectivity index (χ4v) is 2.93.